The molecule has 0 rings (SSSR count). The maximum absolute atomic E-state index is 12.6. The molecular weight excluding hydrogens is 959 g/mol. The first-order chi connectivity index (χ1) is 38.5. The number of carbonyl (C=O) groups excluding carboxylic acids is 2. The first kappa shape index (κ1) is 76.1. The Morgan fingerprint density at radius 1 is 0.359 bits per heavy atom. The van der Waals surface area contributed by atoms with Gasteiger partial charge in [0.1, 0.15) is 0 Å². The van der Waals surface area contributed by atoms with E-state index >= 15 is 0 Å². The molecule has 0 aliphatic heterocycles. The molecule has 2 unspecified atom stereocenters. The molecule has 0 aliphatic carbocycles. The molecule has 3 N–H and O–H groups in total. The van der Waals surface area contributed by atoms with Gasteiger partial charge in [-0.15, -0.1) is 0 Å². The van der Waals surface area contributed by atoms with Crippen molar-refractivity contribution in [3.05, 3.63) is 36.5 Å². The van der Waals surface area contributed by atoms with Crippen LogP contribution in [-0.2, 0) is 14.3 Å². The predicted molar refractivity (Wildman–Crippen MR) is 343 cm³/mol. The number of allylic oxidation sites excluding steroid dienone is 6. The third-order valence-corrected chi connectivity index (χ3v) is 16.4. The van der Waals surface area contributed by atoms with Gasteiger partial charge >= 0.3 is 5.97 Å². The highest BCUT2D eigenvalue weighted by Gasteiger charge is 2.20. The van der Waals surface area contributed by atoms with Crippen LogP contribution in [0.2, 0.25) is 0 Å². The third kappa shape index (κ3) is 63.3. The summed E-state index contributed by atoms with van der Waals surface area (Å²) >= 11 is 0. The van der Waals surface area contributed by atoms with E-state index in [2.05, 4.69) is 55.6 Å². The van der Waals surface area contributed by atoms with Crippen molar-refractivity contribution < 1.29 is 24.5 Å². The summed E-state index contributed by atoms with van der Waals surface area (Å²) in [6.07, 6.45) is 86.1. The van der Waals surface area contributed by atoms with Crippen LogP contribution in [0.4, 0.5) is 0 Å². The summed E-state index contributed by atoms with van der Waals surface area (Å²) in [5.41, 5.74) is 0. The molecule has 0 aromatic heterocycles. The number of unbranched alkanes of at least 4 members (excludes halogenated alkanes) is 49. The Morgan fingerprint density at radius 2 is 0.641 bits per heavy atom. The van der Waals surface area contributed by atoms with E-state index in [-0.39, 0.29) is 18.5 Å². The van der Waals surface area contributed by atoms with Gasteiger partial charge in [-0.2, -0.15) is 0 Å². The van der Waals surface area contributed by atoms with E-state index in [0.29, 0.717) is 25.9 Å². The number of amides is 1. The number of esters is 1. The second kappa shape index (κ2) is 67.6. The van der Waals surface area contributed by atoms with Crippen molar-refractivity contribution in [2.24, 2.45) is 0 Å². The molecule has 0 aliphatic rings. The summed E-state index contributed by atoms with van der Waals surface area (Å²) in [4.78, 5) is 24.7. The molecule has 78 heavy (non-hydrogen) atoms. The van der Waals surface area contributed by atoms with Crippen LogP contribution in [0, 0.1) is 0 Å². The Labute approximate surface area is 487 Å². The fourth-order valence-electron chi connectivity index (χ4n) is 11.0. The van der Waals surface area contributed by atoms with Crippen molar-refractivity contribution in [1.82, 2.24) is 5.32 Å². The van der Waals surface area contributed by atoms with Gasteiger partial charge in [-0.1, -0.05) is 326 Å². The first-order valence-electron chi connectivity index (χ1n) is 35.2. The minimum absolute atomic E-state index is 0.00346. The minimum atomic E-state index is -0.676. The fourth-order valence-corrected chi connectivity index (χ4v) is 11.0. The first-order valence-corrected chi connectivity index (χ1v) is 35.2. The lowest BCUT2D eigenvalue weighted by Crippen LogP contribution is -2.45. The average Bonchev–Trinajstić information content (AvgIpc) is 3.44. The largest absolute Gasteiger partial charge is 0.466 e. The molecule has 0 aromatic rings. The van der Waals surface area contributed by atoms with Crippen LogP contribution in [-0.4, -0.2) is 47.4 Å². The number of carbonyl (C=O) groups is 2. The van der Waals surface area contributed by atoms with Gasteiger partial charge < -0.3 is 20.3 Å². The Kier molecular flexibility index (Phi) is 65.9. The minimum Gasteiger partial charge on any atom is -0.466 e. The number of hydrogen-bond donors (Lipinski definition) is 3. The van der Waals surface area contributed by atoms with Gasteiger partial charge in [-0.25, -0.2) is 0 Å². The monoisotopic (exact) mass is 1100 g/mol. The molecular formula is C72H137NO5. The van der Waals surface area contributed by atoms with Gasteiger partial charge in [0.05, 0.1) is 25.4 Å². The van der Waals surface area contributed by atoms with Gasteiger partial charge in [0.15, 0.2) is 0 Å². The number of aliphatic hydroxyl groups is 2. The van der Waals surface area contributed by atoms with E-state index in [9.17, 15) is 19.8 Å². The van der Waals surface area contributed by atoms with Crippen molar-refractivity contribution in [1.29, 1.82) is 0 Å². The Bertz CT molecular complexity index is 1260. The van der Waals surface area contributed by atoms with Crippen molar-refractivity contribution in [2.45, 2.75) is 398 Å². The molecule has 0 spiro atoms. The van der Waals surface area contributed by atoms with E-state index in [1.54, 1.807) is 0 Å². The average molecular weight is 1100 g/mol. The molecule has 6 heteroatoms. The SMILES string of the molecule is CCCCCC/C=C\C/C=C\CCCCCCCCCC(=O)OCCCCCCCCCCC/C=C\CCCCCCCC(=O)NC(CO)C(O)CCCCCCCCCCCCCCCCCCCCCCCCCCC. The van der Waals surface area contributed by atoms with Crippen molar-refractivity contribution >= 4 is 11.9 Å². The second-order valence-corrected chi connectivity index (χ2v) is 24.2. The molecule has 0 saturated carbocycles. The zero-order valence-electron chi connectivity index (χ0n) is 52.7. The quantitative estimate of drug-likeness (QED) is 0.0320. The van der Waals surface area contributed by atoms with E-state index in [1.807, 2.05) is 0 Å². The summed E-state index contributed by atoms with van der Waals surface area (Å²) in [5.74, 6) is -0.0489. The molecule has 1 amide bonds. The molecule has 0 bridgehead atoms. The number of hydrogen-bond acceptors (Lipinski definition) is 5. The smallest absolute Gasteiger partial charge is 0.305 e. The maximum Gasteiger partial charge on any atom is 0.305 e. The van der Waals surface area contributed by atoms with Gasteiger partial charge in [-0.05, 0) is 83.5 Å². The maximum atomic E-state index is 12.6. The standard InChI is InChI=1S/C72H137NO5/c1-3-5-7-9-11-13-15-17-19-21-23-24-25-26-27-28-29-32-36-40-44-48-52-56-60-64-70(75)69(68-74)73-71(76)65-61-57-53-49-45-41-37-33-30-31-35-39-43-47-51-55-59-63-67-78-72(77)66-62-58-54-50-46-42-38-34-22-20-18-16-14-12-10-8-6-4-2/h14,16,20,22,33,37,69-70,74-75H,3-13,15,17-19,21,23-32,34-36,38-68H2,1-2H3,(H,73,76)/b16-14-,22-20-,37-33-. The Balaban J connectivity index is 3.44. The molecule has 0 fully saturated rings. The fraction of sp³-hybridized carbons (Fsp3) is 0.889. The van der Waals surface area contributed by atoms with Crippen LogP contribution >= 0.6 is 0 Å². The van der Waals surface area contributed by atoms with Crippen molar-refractivity contribution in [3.63, 3.8) is 0 Å². The number of ether oxygens (including phenoxy) is 1. The van der Waals surface area contributed by atoms with Crippen LogP contribution in [0.25, 0.3) is 0 Å². The van der Waals surface area contributed by atoms with Crippen molar-refractivity contribution in [2.75, 3.05) is 13.2 Å². The van der Waals surface area contributed by atoms with Gasteiger partial charge in [0, 0.05) is 12.8 Å². The van der Waals surface area contributed by atoms with Crippen molar-refractivity contribution in [3.8, 4) is 0 Å². The molecule has 6 nitrogen and oxygen atoms in total. The molecule has 2 atom stereocenters. The van der Waals surface area contributed by atoms with Crippen LogP contribution in [0.3, 0.4) is 0 Å². The topological polar surface area (TPSA) is 95.9 Å². The second-order valence-electron chi connectivity index (χ2n) is 24.2. The number of rotatable bonds is 66. The molecule has 0 heterocycles. The lowest BCUT2D eigenvalue weighted by Gasteiger charge is -2.22. The van der Waals surface area contributed by atoms with E-state index in [0.717, 1.165) is 64.2 Å². The van der Waals surface area contributed by atoms with Crippen LogP contribution < -0.4 is 5.32 Å². The summed E-state index contributed by atoms with van der Waals surface area (Å²) in [6, 6.07) is -0.554. The molecule has 0 saturated heterocycles. The number of nitrogens with one attached hydrogen (secondary N) is 1. The van der Waals surface area contributed by atoms with E-state index in [1.165, 1.54) is 289 Å². The third-order valence-electron chi connectivity index (χ3n) is 16.4. The molecule has 460 valence electrons. The highest BCUT2D eigenvalue weighted by molar-refractivity contribution is 5.76. The number of aliphatic hydroxyl groups excluding tert-OH is 2. The van der Waals surface area contributed by atoms with E-state index in [4.69, 9.17) is 4.74 Å². The lowest BCUT2D eigenvalue weighted by atomic mass is 10.0. The van der Waals surface area contributed by atoms with E-state index < -0.39 is 12.1 Å². The summed E-state index contributed by atoms with van der Waals surface area (Å²) in [5, 5.41) is 23.4. The van der Waals surface area contributed by atoms with Crippen LogP contribution in [0.15, 0.2) is 36.5 Å². The lowest BCUT2D eigenvalue weighted by molar-refractivity contribution is -0.143. The zero-order valence-corrected chi connectivity index (χ0v) is 52.7. The Hall–Kier alpha value is -1.92. The molecule has 0 radical (unpaired) electrons. The summed E-state index contributed by atoms with van der Waals surface area (Å²) in [7, 11) is 0. The van der Waals surface area contributed by atoms with Crippen LogP contribution in [0.5, 0.6) is 0 Å². The van der Waals surface area contributed by atoms with Gasteiger partial charge in [0.25, 0.3) is 0 Å². The highest BCUT2D eigenvalue weighted by Crippen LogP contribution is 2.19. The molecule has 0 aromatic carbocycles. The normalized spacial score (nSPS) is 12.7. The zero-order chi connectivity index (χ0) is 56.4. The predicted octanol–water partition coefficient (Wildman–Crippen LogP) is 22.7. The summed E-state index contributed by atoms with van der Waals surface area (Å²) in [6.45, 7) is 4.95. The van der Waals surface area contributed by atoms with Gasteiger partial charge in [-0.3, -0.25) is 9.59 Å². The van der Waals surface area contributed by atoms with Gasteiger partial charge in [0.2, 0.25) is 5.91 Å². The highest BCUT2D eigenvalue weighted by atomic mass is 16.5. The summed E-state index contributed by atoms with van der Waals surface area (Å²) < 4.78 is 5.49. The van der Waals surface area contributed by atoms with Crippen LogP contribution in [0.1, 0.15) is 386 Å². The Morgan fingerprint density at radius 3 is 1.00 bits per heavy atom.